The van der Waals surface area contributed by atoms with Gasteiger partial charge in [0.1, 0.15) is 6.29 Å². The Kier molecular flexibility index (Phi) is 3.53. The predicted molar refractivity (Wildman–Crippen MR) is 73.2 cm³/mol. The fourth-order valence-electron chi connectivity index (χ4n) is 1.83. The number of nitrogens with zero attached hydrogens (tertiary/aromatic N) is 2. The first-order valence-corrected chi connectivity index (χ1v) is 6.21. The third-order valence-corrected chi connectivity index (χ3v) is 3.18. The fraction of sp³-hybridized carbons (Fsp3) is 0.286. The van der Waals surface area contributed by atoms with Gasteiger partial charge in [0, 0.05) is 34.0 Å². The monoisotopic (exact) mass is 262 g/mol. The second-order valence-corrected chi connectivity index (χ2v) is 4.97. The van der Waals surface area contributed by atoms with E-state index in [4.69, 9.17) is 11.6 Å². The van der Waals surface area contributed by atoms with Crippen molar-refractivity contribution < 1.29 is 4.79 Å². The number of benzene rings is 1. The average Bonchev–Trinajstić information content (AvgIpc) is 2.71. The lowest BCUT2D eigenvalue weighted by atomic mass is 10.1. The van der Waals surface area contributed by atoms with E-state index in [2.05, 4.69) is 18.9 Å². The molecule has 4 heteroatoms. The molecule has 0 spiro atoms. The van der Waals surface area contributed by atoms with Gasteiger partial charge in [0.05, 0.1) is 5.69 Å². The molecular formula is C14H15ClN2O. The van der Waals surface area contributed by atoms with Gasteiger partial charge in [-0.05, 0) is 26.8 Å². The maximum Gasteiger partial charge on any atom is 0.150 e. The van der Waals surface area contributed by atoms with Gasteiger partial charge in [-0.3, -0.25) is 9.48 Å². The van der Waals surface area contributed by atoms with Crippen molar-refractivity contribution >= 4 is 17.9 Å². The van der Waals surface area contributed by atoms with Gasteiger partial charge in [-0.25, -0.2) is 0 Å². The highest BCUT2D eigenvalue weighted by atomic mass is 35.5. The third kappa shape index (κ3) is 2.31. The van der Waals surface area contributed by atoms with Crippen LogP contribution in [0.15, 0.2) is 24.4 Å². The number of halogens is 1. The van der Waals surface area contributed by atoms with Crippen molar-refractivity contribution in [2.75, 3.05) is 0 Å². The molecule has 0 saturated carbocycles. The van der Waals surface area contributed by atoms with Crippen molar-refractivity contribution in [3.05, 3.63) is 40.7 Å². The van der Waals surface area contributed by atoms with Gasteiger partial charge in [-0.15, -0.1) is 0 Å². The van der Waals surface area contributed by atoms with E-state index >= 15 is 0 Å². The summed E-state index contributed by atoms with van der Waals surface area (Å²) in [5, 5.41) is 5.03. The molecule has 0 amide bonds. The Morgan fingerprint density at radius 2 is 2.06 bits per heavy atom. The minimum absolute atomic E-state index is 0.311. The Labute approximate surface area is 111 Å². The fourth-order valence-corrected chi connectivity index (χ4v) is 2.12. The normalized spacial score (nSPS) is 10.9. The van der Waals surface area contributed by atoms with Crippen LogP contribution in [0.3, 0.4) is 0 Å². The molecule has 3 nitrogen and oxygen atoms in total. The number of carbonyl (C=O) groups is 1. The smallest absolute Gasteiger partial charge is 0.150 e. The van der Waals surface area contributed by atoms with Crippen molar-refractivity contribution in [3.63, 3.8) is 0 Å². The Bertz CT molecular complexity index is 587. The minimum Gasteiger partial charge on any atom is -0.298 e. The van der Waals surface area contributed by atoms with Crippen LogP contribution < -0.4 is 0 Å². The summed E-state index contributed by atoms with van der Waals surface area (Å²) in [7, 11) is 0. The van der Waals surface area contributed by atoms with Crippen LogP contribution in [0.2, 0.25) is 5.02 Å². The van der Waals surface area contributed by atoms with Crippen LogP contribution in [0.1, 0.15) is 35.9 Å². The number of aldehydes is 1. The summed E-state index contributed by atoms with van der Waals surface area (Å²) in [6.07, 6.45) is 2.78. The molecule has 2 rings (SSSR count). The maximum absolute atomic E-state index is 10.7. The highest BCUT2D eigenvalue weighted by molar-refractivity contribution is 6.33. The second kappa shape index (κ2) is 4.94. The van der Waals surface area contributed by atoms with Crippen LogP contribution in [0.25, 0.3) is 11.1 Å². The molecule has 0 radical (unpaired) electrons. The molecule has 94 valence electrons. The topological polar surface area (TPSA) is 34.9 Å². The Hall–Kier alpha value is -1.61. The first kappa shape index (κ1) is 12.8. The summed E-state index contributed by atoms with van der Waals surface area (Å²) in [4.78, 5) is 10.7. The van der Waals surface area contributed by atoms with Gasteiger partial charge in [-0.1, -0.05) is 23.7 Å². The molecule has 0 saturated heterocycles. The molecule has 1 aromatic carbocycles. The van der Waals surface area contributed by atoms with Crippen molar-refractivity contribution in [1.29, 1.82) is 0 Å². The molecule has 0 unspecified atom stereocenters. The number of aryl methyl sites for hydroxylation is 1. The van der Waals surface area contributed by atoms with Crippen molar-refractivity contribution in [2.24, 2.45) is 0 Å². The summed E-state index contributed by atoms with van der Waals surface area (Å²) >= 11 is 6.21. The van der Waals surface area contributed by atoms with E-state index in [1.165, 1.54) is 0 Å². The van der Waals surface area contributed by atoms with E-state index < -0.39 is 0 Å². The van der Waals surface area contributed by atoms with E-state index in [0.717, 1.165) is 23.1 Å². The van der Waals surface area contributed by atoms with Crippen molar-refractivity contribution in [1.82, 2.24) is 9.78 Å². The first-order chi connectivity index (χ1) is 8.52. The number of aromatic nitrogens is 2. The Morgan fingerprint density at radius 3 is 2.56 bits per heavy atom. The lowest BCUT2D eigenvalue weighted by molar-refractivity contribution is 0.112. The predicted octanol–water partition coefficient (Wildman–Crippen LogP) is 3.91. The molecule has 1 heterocycles. The number of rotatable bonds is 3. The van der Waals surface area contributed by atoms with Crippen LogP contribution in [0, 0.1) is 6.92 Å². The summed E-state index contributed by atoms with van der Waals surface area (Å²) in [5.74, 6) is 0. The van der Waals surface area contributed by atoms with Crippen molar-refractivity contribution in [3.8, 4) is 11.1 Å². The largest absolute Gasteiger partial charge is 0.298 e. The molecule has 0 aliphatic heterocycles. The summed E-state index contributed by atoms with van der Waals surface area (Å²) in [5.41, 5.74) is 3.43. The van der Waals surface area contributed by atoms with E-state index in [9.17, 15) is 4.79 Å². The van der Waals surface area contributed by atoms with Crippen LogP contribution in [-0.4, -0.2) is 16.1 Å². The first-order valence-electron chi connectivity index (χ1n) is 5.83. The highest BCUT2D eigenvalue weighted by Gasteiger charge is 2.12. The van der Waals surface area contributed by atoms with Gasteiger partial charge in [-0.2, -0.15) is 5.10 Å². The molecule has 0 aliphatic rings. The maximum atomic E-state index is 10.7. The van der Waals surface area contributed by atoms with Crippen LogP contribution in [0.4, 0.5) is 0 Å². The quantitative estimate of drug-likeness (QED) is 0.786. The zero-order valence-corrected chi connectivity index (χ0v) is 11.4. The zero-order chi connectivity index (χ0) is 13.3. The number of hydrogen-bond acceptors (Lipinski definition) is 2. The number of hydrogen-bond donors (Lipinski definition) is 0. The summed E-state index contributed by atoms with van der Waals surface area (Å²) in [6, 6.07) is 5.61. The second-order valence-electron chi connectivity index (χ2n) is 4.56. The standard InChI is InChI=1S/C14H15ClN2O/c1-9(2)17-7-13(10(3)16-17)12-5-4-11(8-18)6-14(12)15/h4-9H,1-3H3. The Morgan fingerprint density at radius 1 is 1.33 bits per heavy atom. The number of carbonyl (C=O) groups excluding carboxylic acids is 1. The lowest BCUT2D eigenvalue weighted by Crippen LogP contribution is -2.00. The van der Waals surface area contributed by atoms with E-state index in [0.29, 0.717) is 16.6 Å². The van der Waals surface area contributed by atoms with Gasteiger partial charge >= 0.3 is 0 Å². The van der Waals surface area contributed by atoms with Gasteiger partial charge in [0.25, 0.3) is 0 Å². The molecule has 0 bridgehead atoms. The van der Waals surface area contributed by atoms with E-state index in [1.807, 2.05) is 23.9 Å². The molecule has 0 aliphatic carbocycles. The summed E-state index contributed by atoms with van der Waals surface area (Å²) in [6.45, 7) is 6.11. The van der Waals surface area contributed by atoms with Gasteiger partial charge in [0.15, 0.2) is 0 Å². The van der Waals surface area contributed by atoms with E-state index in [-0.39, 0.29) is 0 Å². The van der Waals surface area contributed by atoms with Crippen LogP contribution in [-0.2, 0) is 0 Å². The molecule has 18 heavy (non-hydrogen) atoms. The molecule has 2 aromatic rings. The molecule has 0 fully saturated rings. The summed E-state index contributed by atoms with van der Waals surface area (Å²) < 4.78 is 1.91. The minimum atomic E-state index is 0.311. The van der Waals surface area contributed by atoms with E-state index in [1.54, 1.807) is 12.1 Å². The van der Waals surface area contributed by atoms with Crippen molar-refractivity contribution in [2.45, 2.75) is 26.8 Å². The third-order valence-electron chi connectivity index (χ3n) is 2.87. The zero-order valence-electron chi connectivity index (χ0n) is 10.6. The Balaban J connectivity index is 2.51. The average molecular weight is 263 g/mol. The molecule has 0 atom stereocenters. The molecular weight excluding hydrogens is 248 g/mol. The lowest BCUT2D eigenvalue weighted by Gasteiger charge is -2.04. The van der Waals surface area contributed by atoms with Gasteiger partial charge in [0.2, 0.25) is 0 Å². The highest BCUT2D eigenvalue weighted by Crippen LogP contribution is 2.31. The van der Waals surface area contributed by atoms with Crippen LogP contribution >= 0.6 is 11.6 Å². The van der Waals surface area contributed by atoms with Gasteiger partial charge < -0.3 is 0 Å². The molecule has 0 N–H and O–H groups in total. The molecule has 1 aromatic heterocycles. The van der Waals surface area contributed by atoms with Crippen LogP contribution in [0.5, 0.6) is 0 Å². The SMILES string of the molecule is Cc1nn(C(C)C)cc1-c1ccc(C=O)cc1Cl.